The standard InChI is InChI=1S/C12H20ClN3O/c1-7(2)10(14)5-11(17)12-9(13)6-15-16(12)8(3)4/h6-8,10H,5,14H2,1-4H3. The van der Waals surface area contributed by atoms with Crippen molar-refractivity contribution in [1.82, 2.24) is 9.78 Å². The van der Waals surface area contributed by atoms with Gasteiger partial charge in [-0.25, -0.2) is 0 Å². The van der Waals surface area contributed by atoms with Crippen LogP contribution in [0.5, 0.6) is 0 Å². The molecule has 0 bridgehead atoms. The molecule has 1 rings (SSSR count). The van der Waals surface area contributed by atoms with Gasteiger partial charge in [0.05, 0.1) is 11.2 Å². The molecular formula is C12H20ClN3O. The number of nitrogens with zero attached hydrogens (tertiary/aromatic N) is 2. The molecule has 5 heteroatoms. The van der Waals surface area contributed by atoms with E-state index in [4.69, 9.17) is 17.3 Å². The van der Waals surface area contributed by atoms with E-state index in [1.54, 1.807) is 4.68 Å². The number of aromatic nitrogens is 2. The van der Waals surface area contributed by atoms with Crippen LogP contribution in [0.4, 0.5) is 0 Å². The Morgan fingerprint density at radius 1 is 1.47 bits per heavy atom. The van der Waals surface area contributed by atoms with Crippen molar-refractivity contribution >= 4 is 17.4 Å². The second-order valence-electron chi connectivity index (χ2n) is 4.91. The molecule has 17 heavy (non-hydrogen) atoms. The summed E-state index contributed by atoms with van der Waals surface area (Å²) in [7, 11) is 0. The highest BCUT2D eigenvalue weighted by molar-refractivity contribution is 6.33. The van der Waals surface area contributed by atoms with Gasteiger partial charge in [-0.15, -0.1) is 0 Å². The Morgan fingerprint density at radius 3 is 2.53 bits per heavy atom. The van der Waals surface area contributed by atoms with E-state index in [2.05, 4.69) is 5.10 Å². The van der Waals surface area contributed by atoms with Gasteiger partial charge in [-0.3, -0.25) is 9.48 Å². The highest BCUT2D eigenvalue weighted by Gasteiger charge is 2.22. The summed E-state index contributed by atoms with van der Waals surface area (Å²) in [4.78, 5) is 12.1. The first-order valence-electron chi connectivity index (χ1n) is 5.86. The average Bonchev–Trinajstić information content (AvgIpc) is 2.59. The molecule has 0 radical (unpaired) electrons. The van der Waals surface area contributed by atoms with Crippen LogP contribution >= 0.6 is 11.6 Å². The van der Waals surface area contributed by atoms with Crippen LogP contribution in [0, 0.1) is 5.92 Å². The molecule has 1 atom stereocenters. The highest BCUT2D eigenvalue weighted by Crippen LogP contribution is 2.21. The van der Waals surface area contributed by atoms with Crippen molar-refractivity contribution in [2.45, 2.75) is 46.2 Å². The summed E-state index contributed by atoms with van der Waals surface area (Å²) in [6.07, 6.45) is 1.81. The number of carbonyl (C=O) groups excluding carboxylic acids is 1. The zero-order chi connectivity index (χ0) is 13.2. The van der Waals surface area contributed by atoms with E-state index in [-0.39, 0.29) is 23.8 Å². The van der Waals surface area contributed by atoms with Gasteiger partial charge >= 0.3 is 0 Å². The summed E-state index contributed by atoms with van der Waals surface area (Å²) in [5.74, 6) is 0.232. The Labute approximate surface area is 107 Å². The van der Waals surface area contributed by atoms with Crippen molar-refractivity contribution < 1.29 is 4.79 Å². The number of hydrogen-bond donors (Lipinski definition) is 1. The zero-order valence-electron chi connectivity index (χ0n) is 10.8. The Bertz CT molecular complexity index is 398. The minimum atomic E-state index is -0.144. The Kier molecular flexibility index (Phi) is 4.71. The minimum absolute atomic E-state index is 0.0394. The quantitative estimate of drug-likeness (QED) is 0.825. The van der Waals surface area contributed by atoms with Crippen LogP contribution in [-0.4, -0.2) is 21.6 Å². The van der Waals surface area contributed by atoms with Crippen molar-refractivity contribution in [2.24, 2.45) is 11.7 Å². The van der Waals surface area contributed by atoms with Gasteiger partial charge in [0.1, 0.15) is 5.69 Å². The fourth-order valence-electron chi connectivity index (χ4n) is 1.54. The molecule has 1 aromatic rings. The third kappa shape index (κ3) is 3.30. The molecule has 0 fully saturated rings. The Hall–Kier alpha value is -0.870. The lowest BCUT2D eigenvalue weighted by Gasteiger charge is -2.16. The summed E-state index contributed by atoms with van der Waals surface area (Å²) in [5.41, 5.74) is 6.38. The van der Waals surface area contributed by atoms with Crippen LogP contribution in [-0.2, 0) is 0 Å². The summed E-state index contributed by atoms with van der Waals surface area (Å²) < 4.78 is 1.65. The molecule has 0 saturated carbocycles. The molecule has 1 unspecified atom stereocenters. The number of ketones is 1. The van der Waals surface area contributed by atoms with Crippen LogP contribution < -0.4 is 5.73 Å². The number of hydrogen-bond acceptors (Lipinski definition) is 3. The monoisotopic (exact) mass is 257 g/mol. The summed E-state index contributed by atoms with van der Waals surface area (Å²) in [6.45, 7) is 7.92. The smallest absolute Gasteiger partial charge is 0.183 e. The molecule has 96 valence electrons. The lowest BCUT2D eigenvalue weighted by atomic mass is 9.98. The molecule has 2 N–H and O–H groups in total. The molecule has 0 amide bonds. The second-order valence-corrected chi connectivity index (χ2v) is 5.32. The van der Waals surface area contributed by atoms with Crippen molar-refractivity contribution in [1.29, 1.82) is 0 Å². The zero-order valence-corrected chi connectivity index (χ0v) is 11.5. The van der Waals surface area contributed by atoms with Gasteiger partial charge in [0, 0.05) is 18.5 Å². The summed E-state index contributed by atoms with van der Waals surface area (Å²) >= 11 is 6.00. The van der Waals surface area contributed by atoms with Crippen LogP contribution in [0.25, 0.3) is 0 Å². The van der Waals surface area contributed by atoms with Gasteiger partial charge in [0.2, 0.25) is 0 Å². The average molecular weight is 258 g/mol. The van der Waals surface area contributed by atoms with Crippen LogP contribution in [0.15, 0.2) is 6.20 Å². The fourth-order valence-corrected chi connectivity index (χ4v) is 1.78. The van der Waals surface area contributed by atoms with Crippen LogP contribution in [0.2, 0.25) is 5.02 Å². The summed E-state index contributed by atoms with van der Waals surface area (Å²) in [6, 6.07) is -0.0363. The van der Waals surface area contributed by atoms with E-state index >= 15 is 0 Å². The number of rotatable bonds is 5. The van der Waals surface area contributed by atoms with Gasteiger partial charge in [-0.1, -0.05) is 25.4 Å². The van der Waals surface area contributed by atoms with Gasteiger partial charge in [0.25, 0.3) is 0 Å². The van der Waals surface area contributed by atoms with E-state index in [1.807, 2.05) is 27.7 Å². The number of Topliss-reactive ketones (excluding diaryl/α,β-unsaturated/α-hetero) is 1. The molecule has 0 saturated heterocycles. The normalized spacial score (nSPS) is 13.4. The first-order chi connectivity index (χ1) is 7.84. The van der Waals surface area contributed by atoms with Gasteiger partial charge in [-0.05, 0) is 19.8 Å². The molecule has 0 aliphatic carbocycles. The maximum absolute atomic E-state index is 12.1. The van der Waals surface area contributed by atoms with E-state index in [9.17, 15) is 4.79 Å². The molecular weight excluding hydrogens is 238 g/mol. The second kappa shape index (κ2) is 5.65. The third-order valence-electron chi connectivity index (χ3n) is 2.78. The van der Waals surface area contributed by atoms with Gasteiger partial charge in [-0.2, -0.15) is 5.10 Å². The predicted octanol–water partition coefficient (Wildman–Crippen LogP) is 2.67. The van der Waals surface area contributed by atoms with Crippen molar-refractivity contribution in [2.75, 3.05) is 0 Å². The molecule has 0 aromatic carbocycles. The lowest BCUT2D eigenvalue weighted by Crippen LogP contribution is -2.30. The first kappa shape index (κ1) is 14.2. The van der Waals surface area contributed by atoms with Crippen molar-refractivity contribution in [3.8, 4) is 0 Å². The fraction of sp³-hybridized carbons (Fsp3) is 0.667. The largest absolute Gasteiger partial charge is 0.327 e. The Balaban J connectivity index is 2.92. The van der Waals surface area contributed by atoms with Gasteiger partial charge in [0.15, 0.2) is 5.78 Å². The van der Waals surface area contributed by atoms with E-state index in [1.165, 1.54) is 6.20 Å². The molecule has 1 heterocycles. The SMILES string of the molecule is CC(C)C(N)CC(=O)c1c(Cl)cnn1C(C)C. The maximum atomic E-state index is 12.1. The van der Waals surface area contributed by atoms with Crippen LogP contribution in [0.1, 0.15) is 50.6 Å². The highest BCUT2D eigenvalue weighted by atomic mass is 35.5. The predicted molar refractivity (Wildman–Crippen MR) is 69.4 cm³/mol. The van der Waals surface area contributed by atoms with Crippen molar-refractivity contribution in [3.05, 3.63) is 16.9 Å². The van der Waals surface area contributed by atoms with E-state index in [0.717, 1.165) is 0 Å². The lowest BCUT2D eigenvalue weighted by molar-refractivity contribution is 0.0955. The number of carbonyl (C=O) groups is 1. The molecule has 1 aromatic heterocycles. The topological polar surface area (TPSA) is 60.9 Å². The number of nitrogens with two attached hydrogens (primary N) is 1. The molecule has 4 nitrogen and oxygen atoms in total. The van der Waals surface area contributed by atoms with E-state index in [0.29, 0.717) is 17.1 Å². The maximum Gasteiger partial charge on any atom is 0.183 e. The van der Waals surface area contributed by atoms with Gasteiger partial charge < -0.3 is 5.73 Å². The van der Waals surface area contributed by atoms with Crippen LogP contribution in [0.3, 0.4) is 0 Å². The Morgan fingerprint density at radius 2 is 2.06 bits per heavy atom. The van der Waals surface area contributed by atoms with Crippen molar-refractivity contribution in [3.63, 3.8) is 0 Å². The summed E-state index contributed by atoms with van der Waals surface area (Å²) in [5, 5.41) is 4.51. The third-order valence-corrected chi connectivity index (χ3v) is 3.06. The van der Waals surface area contributed by atoms with E-state index < -0.39 is 0 Å². The first-order valence-corrected chi connectivity index (χ1v) is 6.24. The molecule has 0 aliphatic heterocycles. The molecule has 0 aliphatic rings. The minimum Gasteiger partial charge on any atom is -0.327 e. The molecule has 0 spiro atoms. The number of halogens is 1.